The Morgan fingerprint density at radius 2 is 1.73 bits per heavy atom. The number of carbonyl (C=O) groups is 1. The van der Waals surface area contributed by atoms with E-state index in [1.807, 2.05) is 18.2 Å². The molecule has 33 heavy (non-hydrogen) atoms. The molecule has 7 heteroatoms. The molecule has 0 bridgehead atoms. The van der Waals surface area contributed by atoms with E-state index >= 15 is 0 Å². The summed E-state index contributed by atoms with van der Waals surface area (Å²) in [6.07, 6.45) is 9.06. The number of hydrogen-bond acceptors (Lipinski definition) is 2. The molecule has 0 atom stereocenters. The smallest absolute Gasteiger partial charge is 0.251 e. The van der Waals surface area contributed by atoms with Crippen molar-refractivity contribution in [3.63, 3.8) is 0 Å². The molecule has 4 rings (SSSR count). The van der Waals surface area contributed by atoms with Gasteiger partial charge in [0.1, 0.15) is 12.3 Å². The highest BCUT2D eigenvalue weighted by Gasteiger charge is 2.29. The summed E-state index contributed by atoms with van der Waals surface area (Å²) < 4.78 is 6.77. The fourth-order valence-electron chi connectivity index (χ4n) is 4.78. The summed E-state index contributed by atoms with van der Waals surface area (Å²) in [5, 5.41) is 3.91. The molecule has 0 aromatic heterocycles. The quantitative estimate of drug-likeness (QED) is 0.624. The number of nitrogens with zero attached hydrogens (tertiary/aromatic N) is 1. The van der Waals surface area contributed by atoms with Gasteiger partial charge in [-0.3, -0.25) is 4.79 Å². The van der Waals surface area contributed by atoms with Crippen molar-refractivity contribution in [1.29, 1.82) is 0 Å². The number of carbonyl (C=O) groups excluding carboxylic acids is 1. The van der Waals surface area contributed by atoms with Crippen LogP contribution in [0.5, 0.6) is 5.75 Å². The van der Waals surface area contributed by atoms with E-state index in [-0.39, 0.29) is 18.3 Å². The molecule has 1 aliphatic carbocycles. The van der Waals surface area contributed by atoms with Gasteiger partial charge < -0.3 is 26.9 Å². The molecule has 1 N–H and O–H groups in total. The minimum absolute atomic E-state index is 0. The van der Waals surface area contributed by atoms with E-state index in [1.165, 1.54) is 37.7 Å². The average Bonchev–Trinajstić information content (AvgIpc) is 2.98. The number of fused-ring (bicyclic) bond motifs is 1. The predicted molar refractivity (Wildman–Crippen MR) is 132 cm³/mol. The maximum Gasteiger partial charge on any atom is 0.251 e. The van der Waals surface area contributed by atoms with E-state index in [9.17, 15) is 4.79 Å². The van der Waals surface area contributed by atoms with Crippen LogP contribution in [0.2, 0.25) is 10.0 Å². The lowest BCUT2D eigenvalue weighted by Crippen LogP contribution is -3.00. The summed E-state index contributed by atoms with van der Waals surface area (Å²) in [7, 11) is 4.67. The van der Waals surface area contributed by atoms with Gasteiger partial charge in [0.25, 0.3) is 5.91 Å². The second-order valence-corrected chi connectivity index (χ2v) is 10.3. The SMILES string of the molecule is C[N+](C)(Cc1ccc(NC(=O)C2=Cc3cc(Cl)c(Cl)cc3OCC2)cc1)C1CCCCC1.[Cl-]. The Kier molecular flexibility index (Phi) is 8.74. The predicted octanol–water partition coefficient (Wildman–Crippen LogP) is 3.71. The average molecular weight is 510 g/mol. The Morgan fingerprint density at radius 3 is 2.42 bits per heavy atom. The number of anilines is 1. The van der Waals surface area contributed by atoms with Crippen molar-refractivity contribution in [2.45, 2.75) is 51.1 Å². The zero-order chi connectivity index (χ0) is 22.7. The van der Waals surface area contributed by atoms with Crippen LogP contribution >= 0.6 is 23.2 Å². The van der Waals surface area contributed by atoms with Gasteiger partial charge in [-0.05, 0) is 50.0 Å². The van der Waals surface area contributed by atoms with E-state index in [1.54, 1.807) is 12.1 Å². The molecule has 2 aliphatic rings. The Hall–Kier alpha value is -1.72. The standard InChI is InChI=1S/C26H30Cl2N2O2.ClH/c1-30(2,22-6-4-3-5-7-22)17-18-8-10-21(11-9-18)29-26(31)19-12-13-32-25-16-24(28)23(27)15-20(25)14-19;/h8-11,14-16,22H,3-7,12-13,17H2,1-2H3;1H. The molecule has 2 aromatic carbocycles. The van der Waals surface area contributed by atoms with Crippen LogP contribution in [0, 0.1) is 0 Å². The van der Waals surface area contributed by atoms with E-state index in [4.69, 9.17) is 27.9 Å². The molecule has 2 aromatic rings. The molecule has 1 fully saturated rings. The largest absolute Gasteiger partial charge is 1.00 e. The minimum atomic E-state index is -0.126. The number of amides is 1. The molecular formula is C26H31Cl3N2O2. The van der Waals surface area contributed by atoms with Gasteiger partial charge in [-0.1, -0.05) is 41.8 Å². The number of rotatable bonds is 5. The van der Waals surface area contributed by atoms with Crippen LogP contribution in [0.25, 0.3) is 6.08 Å². The first-order chi connectivity index (χ1) is 15.3. The Balaban J connectivity index is 0.00000306. The Bertz CT molecular complexity index is 1010. The minimum Gasteiger partial charge on any atom is -1.00 e. The second kappa shape index (κ2) is 11.1. The summed E-state index contributed by atoms with van der Waals surface area (Å²) in [6, 6.07) is 12.4. The Morgan fingerprint density at radius 1 is 1.06 bits per heavy atom. The molecular weight excluding hydrogens is 479 g/mol. The zero-order valence-corrected chi connectivity index (χ0v) is 21.4. The molecule has 1 heterocycles. The van der Waals surface area contributed by atoms with Gasteiger partial charge in [0, 0.05) is 34.9 Å². The lowest BCUT2D eigenvalue weighted by Gasteiger charge is -2.40. The molecule has 1 amide bonds. The number of hydrogen-bond donors (Lipinski definition) is 1. The van der Waals surface area contributed by atoms with Gasteiger partial charge in [0.05, 0.1) is 36.8 Å². The van der Waals surface area contributed by atoms with Crippen molar-refractivity contribution in [3.05, 3.63) is 63.1 Å². The van der Waals surface area contributed by atoms with Crippen LogP contribution in [0.3, 0.4) is 0 Å². The molecule has 0 spiro atoms. The van der Waals surface area contributed by atoms with E-state index < -0.39 is 0 Å². The molecule has 0 unspecified atom stereocenters. The highest BCUT2D eigenvalue weighted by molar-refractivity contribution is 6.42. The highest BCUT2D eigenvalue weighted by Crippen LogP contribution is 2.34. The van der Waals surface area contributed by atoms with Gasteiger partial charge in [-0.2, -0.15) is 0 Å². The number of ether oxygens (including phenoxy) is 1. The summed E-state index contributed by atoms with van der Waals surface area (Å²) in [4.78, 5) is 12.9. The van der Waals surface area contributed by atoms with Crippen molar-refractivity contribution in [1.82, 2.24) is 0 Å². The zero-order valence-electron chi connectivity index (χ0n) is 19.2. The van der Waals surface area contributed by atoms with Gasteiger partial charge in [0.2, 0.25) is 0 Å². The summed E-state index contributed by atoms with van der Waals surface area (Å²) in [5.41, 5.74) is 3.50. The summed E-state index contributed by atoms with van der Waals surface area (Å²) in [6.45, 7) is 1.42. The lowest BCUT2D eigenvalue weighted by molar-refractivity contribution is -0.929. The number of quaternary nitrogens is 1. The number of benzene rings is 2. The monoisotopic (exact) mass is 508 g/mol. The van der Waals surface area contributed by atoms with E-state index in [0.29, 0.717) is 34.4 Å². The van der Waals surface area contributed by atoms with Crippen LogP contribution in [0.4, 0.5) is 5.69 Å². The third-order valence-electron chi connectivity index (χ3n) is 6.67. The summed E-state index contributed by atoms with van der Waals surface area (Å²) >= 11 is 12.2. The fraction of sp³-hybridized carbons (Fsp3) is 0.423. The van der Waals surface area contributed by atoms with Crippen molar-refractivity contribution in [2.75, 3.05) is 26.0 Å². The highest BCUT2D eigenvalue weighted by atomic mass is 35.5. The van der Waals surface area contributed by atoms with Crippen LogP contribution in [0.1, 0.15) is 49.7 Å². The maximum atomic E-state index is 12.9. The number of nitrogens with one attached hydrogen (secondary N) is 1. The van der Waals surface area contributed by atoms with Crippen molar-refractivity contribution in [3.8, 4) is 5.75 Å². The first-order valence-corrected chi connectivity index (χ1v) is 12.1. The van der Waals surface area contributed by atoms with E-state index in [0.717, 1.165) is 28.3 Å². The third kappa shape index (κ3) is 6.45. The van der Waals surface area contributed by atoms with Gasteiger partial charge in [-0.15, -0.1) is 0 Å². The Labute approximate surface area is 212 Å². The summed E-state index contributed by atoms with van der Waals surface area (Å²) in [5.74, 6) is 0.517. The van der Waals surface area contributed by atoms with Crippen molar-refractivity contribution < 1.29 is 26.4 Å². The van der Waals surface area contributed by atoms with Crippen molar-refractivity contribution >= 4 is 40.9 Å². The second-order valence-electron chi connectivity index (χ2n) is 9.45. The van der Waals surface area contributed by atoms with Crippen molar-refractivity contribution in [2.24, 2.45) is 0 Å². The van der Waals surface area contributed by atoms with Crippen LogP contribution < -0.4 is 22.5 Å². The first kappa shape index (κ1) is 25.9. The fourth-order valence-corrected chi connectivity index (χ4v) is 5.10. The van der Waals surface area contributed by atoms with Gasteiger partial charge >= 0.3 is 0 Å². The molecule has 0 radical (unpaired) electrons. The van der Waals surface area contributed by atoms with Crippen LogP contribution in [-0.4, -0.2) is 37.1 Å². The van der Waals surface area contributed by atoms with Gasteiger partial charge in [-0.25, -0.2) is 0 Å². The molecule has 1 aliphatic heterocycles. The van der Waals surface area contributed by atoms with E-state index in [2.05, 4.69) is 31.5 Å². The first-order valence-electron chi connectivity index (χ1n) is 11.4. The molecule has 0 saturated heterocycles. The normalized spacial score (nSPS) is 16.5. The van der Waals surface area contributed by atoms with Crippen LogP contribution in [0.15, 0.2) is 42.0 Å². The topological polar surface area (TPSA) is 38.3 Å². The maximum absolute atomic E-state index is 12.9. The lowest BCUT2D eigenvalue weighted by atomic mass is 9.92. The van der Waals surface area contributed by atoms with Crippen LogP contribution in [-0.2, 0) is 11.3 Å². The molecule has 4 nitrogen and oxygen atoms in total. The third-order valence-corrected chi connectivity index (χ3v) is 7.39. The van der Waals surface area contributed by atoms with Gasteiger partial charge in [0.15, 0.2) is 0 Å². The molecule has 178 valence electrons. The molecule has 1 saturated carbocycles. The number of halogens is 3.